The zero-order valence-electron chi connectivity index (χ0n) is 25.1. The molecule has 1 amide bonds. The van der Waals surface area contributed by atoms with Crippen molar-refractivity contribution in [3.63, 3.8) is 0 Å². The van der Waals surface area contributed by atoms with E-state index in [9.17, 15) is 9.18 Å². The molecule has 2 aromatic rings. The van der Waals surface area contributed by atoms with Crippen LogP contribution in [0.4, 0.5) is 10.1 Å². The third-order valence-corrected chi connectivity index (χ3v) is 9.67. The number of rotatable bonds is 7. The van der Waals surface area contributed by atoms with E-state index in [1.54, 1.807) is 12.1 Å². The minimum absolute atomic E-state index is 0.00576. The molecule has 1 N–H and O–H groups in total. The molecule has 9 heteroatoms. The van der Waals surface area contributed by atoms with Gasteiger partial charge in [-0.1, -0.05) is 31.4 Å². The molecular weight excluding hydrogens is 533 g/mol. The summed E-state index contributed by atoms with van der Waals surface area (Å²) in [5.74, 6) is 0.839. The summed E-state index contributed by atoms with van der Waals surface area (Å²) in [6.45, 7) is 10.4. The zero-order valence-corrected chi connectivity index (χ0v) is 25.1. The van der Waals surface area contributed by atoms with Gasteiger partial charge in [0.1, 0.15) is 18.1 Å². The Kier molecular flexibility index (Phi) is 9.38. The quantitative estimate of drug-likeness (QED) is 0.534. The molecule has 4 heterocycles. The fraction of sp³-hybridized carbons (Fsp3) is 0.636. The Balaban J connectivity index is 1.26. The van der Waals surface area contributed by atoms with Gasteiger partial charge in [0.25, 0.3) is 0 Å². The summed E-state index contributed by atoms with van der Waals surface area (Å²) in [6, 6.07) is 9.62. The second-order valence-electron chi connectivity index (χ2n) is 12.8. The Bertz CT molecular complexity index is 1210. The third-order valence-electron chi connectivity index (χ3n) is 9.67. The van der Waals surface area contributed by atoms with Gasteiger partial charge >= 0.3 is 0 Å². The predicted molar refractivity (Wildman–Crippen MR) is 161 cm³/mol. The number of aromatic nitrogens is 1. The van der Waals surface area contributed by atoms with Gasteiger partial charge < -0.3 is 14.8 Å². The molecule has 0 spiro atoms. The van der Waals surface area contributed by atoms with Crippen LogP contribution in [0, 0.1) is 11.7 Å². The van der Waals surface area contributed by atoms with Crippen molar-refractivity contribution in [3.8, 4) is 5.88 Å². The normalized spacial score (nSPS) is 27.8. The first-order chi connectivity index (χ1) is 20.4. The van der Waals surface area contributed by atoms with Crippen molar-refractivity contribution in [2.24, 2.45) is 5.92 Å². The van der Waals surface area contributed by atoms with Crippen molar-refractivity contribution in [3.05, 3.63) is 53.5 Å². The van der Waals surface area contributed by atoms with Gasteiger partial charge in [0.15, 0.2) is 0 Å². The first-order valence-electron chi connectivity index (χ1n) is 15.9. The molecule has 4 aliphatic rings. The van der Waals surface area contributed by atoms with Gasteiger partial charge in [0.05, 0.1) is 25.8 Å². The topological polar surface area (TPSA) is 70.2 Å². The van der Waals surface area contributed by atoms with Crippen LogP contribution in [0.5, 0.6) is 5.88 Å². The molecule has 1 saturated carbocycles. The number of ether oxygens (including phenoxy) is 2. The van der Waals surface area contributed by atoms with Crippen molar-refractivity contribution < 1.29 is 18.7 Å². The van der Waals surface area contributed by atoms with Gasteiger partial charge in [-0.2, -0.15) is 0 Å². The minimum Gasteiger partial charge on any atom is -0.474 e. The number of anilines is 1. The van der Waals surface area contributed by atoms with Crippen LogP contribution in [0.25, 0.3) is 0 Å². The third kappa shape index (κ3) is 6.80. The van der Waals surface area contributed by atoms with Gasteiger partial charge in [-0.25, -0.2) is 9.37 Å². The van der Waals surface area contributed by atoms with E-state index in [0.29, 0.717) is 43.5 Å². The van der Waals surface area contributed by atoms with Gasteiger partial charge in [-0.05, 0) is 68.4 Å². The van der Waals surface area contributed by atoms with Crippen molar-refractivity contribution in [1.29, 1.82) is 0 Å². The lowest BCUT2D eigenvalue weighted by Crippen LogP contribution is -2.63. The van der Waals surface area contributed by atoms with E-state index in [1.165, 1.54) is 31.4 Å². The summed E-state index contributed by atoms with van der Waals surface area (Å²) < 4.78 is 25.4. The average Bonchev–Trinajstić information content (AvgIpc) is 3.00. The number of hydrogen-bond donors (Lipinski definition) is 1. The lowest BCUT2D eigenvalue weighted by Gasteiger charge is -2.45. The number of carbonyl (C=O) groups excluding carboxylic acids is 1. The summed E-state index contributed by atoms with van der Waals surface area (Å²) in [6.07, 6.45) is 8.35. The van der Waals surface area contributed by atoms with Crippen LogP contribution < -0.4 is 15.0 Å². The van der Waals surface area contributed by atoms with E-state index in [0.717, 1.165) is 69.0 Å². The first-order valence-corrected chi connectivity index (χ1v) is 15.9. The number of morpholine rings is 1. The van der Waals surface area contributed by atoms with Crippen LogP contribution in [-0.4, -0.2) is 97.4 Å². The van der Waals surface area contributed by atoms with Crippen molar-refractivity contribution in [2.45, 2.75) is 76.5 Å². The molecule has 4 atom stereocenters. The number of fused-ring (bicyclic) bond motifs is 1. The Morgan fingerprint density at radius 3 is 2.67 bits per heavy atom. The maximum atomic E-state index is 14.5. The molecule has 228 valence electrons. The van der Waals surface area contributed by atoms with Crippen LogP contribution in [-0.2, 0) is 16.0 Å². The molecule has 42 heavy (non-hydrogen) atoms. The van der Waals surface area contributed by atoms with E-state index >= 15 is 0 Å². The highest BCUT2D eigenvalue weighted by Crippen LogP contribution is 2.39. The highest BCUT2D eigenvalue weighted by atomic mass is 19.1. The maximum Gasteiger partial charge on any atom is 0.241 e. The lowest BCUT2D eigenvalue weighted by atomic mass is 9.83. The number of pyridine rings is 1. The highest BCUT2D eigenvalue weighted by Gasteiger charge is 2.40. The standard InChI is InChI=1S/C33H46FN5O3/c1-23-18-38(29(17-35-23)19-37-12-13-41-21-24(37)2)20-32(40)39-30-15-26(14-25-8-10-28(34)11-9-25)16-36-33(30)42-22-31(39)27-6-4-3-5-7-27/h8-11,15-16,23-24,27,29,31,35H,3-7,12-14,17-22H2,1-2H3/t23-,24?,29-,31?/m1/s1. The molecule has 0 radical (unpaired) electrons. The van der Waals surface area contributed by atoms with Crippen LogP contribution in [0.3, 0.4) is 0 Å². The molecule has 0 bridgehead atoms. The number of nitrogens with zero attached hydrogens (tertiary/aromatic N) is 4. The predicted octanol–water partition coefficient (Wildman–Crippen LogP) is 3.87. The Morgan fingerprint density at radius 1 is 1.07 bits per heavy atom. The second kappa shape index (κ2) is 13.4. The summed E-state index contributed by atoms with van der Waals surface area (Å²) in [4.78, 5) is 26.1. The SMILES string of the molecule is CC1COCCN1C[C@H]1CN[C@H](C)CN1CC(=O)N1c2cc(Cc3ccc(F)cc3)cnc2OCC1C1CCCCC1. The zero-order chi connectivity index (χ0) is 29.1. The van der Waals surface area contributed by atoms with Gasteiger partial charge in [-0.3, -0.25) is 19.5 Å². The lowest BCUT2D eigenvalue weighted by molar-refractivity contribution is -0.122. The molecule has 3 aliphatic heterocycles. The second-order valence-corrected chi connectivity index (χ2v) is 12.8. The van der Waals surface area contributed by atoms with Crippen LogP contribution in [0.2, 0.25) is 0 Å². The van der Waals surface area contributed by atoms with Crippen molar-refractivity contribution in [1.82, 2.24) is 20.1 Å². The van der Waals surface area contributed by atoms with Gasteiger partial charge in [-0.15, -0.1) is 0 Å². The van der Waals surface area contributed by atoms with Gasteiger partial charge in [0, 0.05) is 50.5 Å². The molecular formula is C33H46FN5O3. The molecule has 8 nitrogen and oxygen atoms in total. The maximum absolute atomic E-state index is 14.5. The van der Waals surface area contributed by atoms with E-state index in [1.807, 2.05) is 6.20 Å². The molecule has 1 aromatic carbocycles. The molecule has 3 fully saturated rings. The van der Waals surface area contributed by atoms with Gasteiger partial charge in [0.2, 0.25) is 11.8 Å². The number of amides is 1. The summed E-state index contributed by atoms with van der Waals surface area (Å²) >= 11 is 0. The highest BCUT2D eigenvalue weighted by molar-refractivity contribution is 5.97. The van der Waals surface area contributed by atoms with Crippen LogP contribution in [0.15, 0.2) is 36.5 Å². The average molecular weight is 580 g/mol. The smallest absolute Gasteiger partial charge is 0.241 e. The molecule has 2 unspecified atom stereocenters. The number of carbonyl (C=O) groups is 1. The summed E-state index contributed by atoms with van der Waals surface area (Å²) in [5, 5.41) is 3.65. The Labute approximate surface area is 249 Å². The number of piperazine rings is 1. The van der Waals surface area contributed by atoms with Crippen LogP contribution >= 0.6 is 0 Å². The molecule has 2 saturated heterocycles. The van der Waals surface area contributed by atoms with E-state index in [-0.39, 0.29) is 23.8 Å². The number of halogens is 1. The van der Waals surface area contributed by atoms with E-state index < -0.39 is 0 Å². The summed E-state index contributed by atoms with van der Waals surface area (Å²) in [7, 11) is 0. The molecule has 1 aliphatic carbocycles. The Hall–Kier alpha value is -2.59. The fourth-order valence-electron chi connectivity index (χ4n) is 7.26. The van der Waals surface area contributed by atoms with E-state index in [2.05, 4.69) is 44.9 Å². The van der Waals surface area contributed by atoms with E-state index in [4.69, 9.17) is 9.47 Å². The summed E-state index contributed by atoms with van der Waals surface area (Å²) in [5.41, 5.74) is 2.77. The number of benzene rings is 1. The molecule has 1 aromatic heterocycles. The minimum atomic E-state index is -0.244. The van der Waals surface area contributed by atoms with Crippen LogP contribution in [0.1, 0.15) is 57.1 Å². The van der Waals surface area contributed by atoms with Crippen molar-refractivity contribution >= 4 is 11.6 Å². The first kappa shape index (κ1) is 29.5. The Morgan fingerprint density at radius 2 is 1.88 bits per heavy atom. The van der Waals surface area contributed by atoms with Crippen molar-refractivity contribution in [2.75, 3.05) is 57.4 Å². The molecule has 6 rings (SSSR count). The number of nitrogens with one attached hydrogen (secondary N) is 1. The number of hydrogen-bond acceptors (Lipinski definition) is 7. The fourth-order valence-corrected chi connectivity index (χ4v) is 7.26. The monoisotopic (exact) mass is 579 g/mol. The largest absolute Gasteiger partial charge is 0.474 e.